The van der Waals surface area contributed by atoms with E-state index in [1.165, 1.54) is 0 Å². The largest absolute Gasteiger partial charge is 0.489 e. The van der Waals surface area contributed by atoms with Crippen molar-refractivity contribution in [3.8, 4) is 5.75 Å². The molecule has 140 valence electrons. The zero-order valence-corrected chi connectivity index (χ0v) is 16.1. The molecule has 0 radical (unpaired) electrons. The number of hydrogen-bond donors (Lipinski definition) is 1. The van der Waals surface area contributed by atoms with Gasteiger partial charge in [0.05, 0.1) is 6.20 Å². The number of aromatic nitrogens is 3. The van der Waals surface area contributed by atoms with Crippen molar-refractivity contribution >= 4 is 29.1 Å². The normalized spacial score (nSPS) is 10.5. The van der Waals surface area contributed by atoms with Crippen molar-refractivity contribution in [1.29, 1.82) is 0 Å². The highest BCUT2D eigenvalue weighted by Gasteiger charge is 2.07. The lowest BCUT2D eigenvalue weighted by molar-refractivity contribution is 0.306. The van der Waals surface area contributed by atoms with E-state index in [4.69, 9.17) is 16.3 Å². The van der Waals surface area contributed by atoms with Crippen molar-refractivity contribution in [2.45, 2.75) is 20.5 Å². The summed E-state index contributed by atoms with van der Waals surface area (Å²) in [4.78, 5) is 6.63. The molecule has 2 aromatic carbocycles. The predicted octanol–water partition coefficient (Wildman–Crippen LogP) is 4.69. The van der Waals surface area contributed by atoms with Gasteiger partial charge in [0.2, 0.25) is 5.95 Å². The lowest BCUT2D eigenvalue weighted by atomic mass is 10.2. The van der Waals surface area contributed by atoms with E-state index in [9.17, 15) is 0 Å². The molecule has 1 aromatic heterocycles. The quantitative estimate of drug-likeness (QED) is 0.608. The third kappa shape index (κ3) is 5.31. The van der Waals surface area contributed by atoms with Crippen LogP contribution in [0.2, 0.25) is 5.02 Å². The maximum atomic E-state index is 5.89. The summed E-state index contributed by atoms with van der Waals surface area (Å²) in [5.41, 5.74) is 1.93. The molecule has 0 unspecified atom stereocenters. The predicted molar refractivity (Wildman–Crippen MR) is 109 cm³/mol. The highest BCUT2D eigenvalue weighted by Crippen LogP contribution is 2.20. The molecule has 0 aliphatic heterocycles. The number of benzene rings is 2. The van der Waals surface area contributed by atoms with Crippen molar-refractivity contribution in [1.82, 2.24) is 15.2 Å². The van der Waals surface area contributed by atoms with Gasteiger partial charge < -0.3 is 15.0 Å². The van der Waals surface area contributed by atoms with Crippen LogP contribution < -0.4 is 15.0 Å². The molecule has 6 nitrogen and oxygen atoms in total. The van der Waals surface area contributed by atoms with E-state index in [0.29, 0.717) is 12.6 Å². The van der Waals surface area contributed by atoms with Gasteiger partial charge >= 0.3 is 0 Å². The molecule has 3 aromatic rings. The van der Waals surface area contributed by atoms with E-state index in [2.05, 4.69) is 39.2 Å². The highest BCUT2D eigenvalue weighted by atomic mass is 35.5. The van der Waals surface area contributed by atoms with Crippen LogP contribution in [0.25, 0.3) is 0 Å². The minimum atomic E-state index is 0.467. The molecule has 0 atom stereocenters. The molecule has 3 rings (SSSR count). The summed E-state index contributed by atoms with van der Waals surface area (Å²) in [7, 11) is 0. The molecule has 0 aliphatic carbocycles. The van der Waals surface area contributed by atoms with Crippen LogP contribution in [0.15, 0.2) is 54.7 Å². The Morgan fingerprint density at radius 2 is 1.70 bits per heavy atom. The fourth-order valence-electron chi connectivity index (χ4n) is 2.56. The summed E-state index contributed by atoms with van der Waals surface area (Å²) < 4.78 is 5.80. The van der Waals surface area contributed by atoms with Crippen LogP contribution in [0.5, 0.6) is 5.75 Å². The highest BCUT2D eigenvalue weighted by molar-refractivity contribution is 6.30. The van der Waals surface area contributed by atoms with Crippen LogP contribution in [0.3, 0.4) is 0 Å². The van der Waals surface area contributed by atoms with E-state index in [-0.39, 0.29) is 0 Å². The smallest absolute Gasteiger partial charge is 0.249 e. The second kappa shape index (κ2) is 9.19. The number of ether oxygens (including phenoxy) is 1. The minimum absolute atomic E-state index is 0.467. The van der Waals surface area contributed by atoms with Gasteiger partial charge in [-0.1, -0.05) is 23.7 Å². The molecule has 27 heavy (non-hydrogen) atoms. The molecule has 0 fully saturated rings. The van der Waals surface area contributed by atoms with Gasteiger partial charge in [-0.3, -0.25) is 0 Å². The molecule has 0 amide bonds. The molecule has 1 N–H and O–H groups in total. The molecular weight excluding hydrogens is 362 g/mol. The number of rotatable bonds is 8. The van der Waals surface area contributed by atoms with Gasteiger partial charge in [0.15, 0.2) is 5.82 Å². The van der Waals surface area contributed by atoms with E-state index in [1.807, 2.05) is 48.5 Å². The standard InChI is InChI=1S/C20H22ClN5O/c1-3-26(4-2)19-13-22-25-20(24-19)23-17-9-11-18(12-10-17)27-14-15-5-7-16(21)8-6-15/h5-13H,3-4,14H2,1-2H3,(H,23,24,25). The van der Waals surface area contributed by atoms with Crippen LogP contribution in [0, 0.1) is 0 Å². The van der Waals surface area contributed by atoms with Crippen molar-refractivity contribution < 1.29 is 4.74 Å². The SMILES string of the molecule is CCN(CC)c1cnnc(Nc2ccc(OCc3ccc(Cl)cc3)cc2)n1. The number of nitrogens with zero attached hydrogens (tertiary/aromatic N) is 4. The van der Waals surface area contributed by atoms with Gasteiger partial charge in [-0.25, -0.2) is 0 Å². The van der Waals surface area contributed by atoms with Gasteiger partial charge in [0, 0.05) is 23.8 Å². The van der Waals surface area contributed by atoms with E-state index in [0.717, 1.165) is 40.9 Å². The summed E-state index contributed by atoms with van der Waals surface area (Å²) in [6.07, 6.45) is 1.67. The Labute approximate surface area is 164 Å². The van der Waals surface area contributed by atoms with Crippen molar-refractivity contribution in [3.05, 3.63) is 65.3 Å². The molecule has 0 saturated carbocycles. The average molecular weight is 384 g/mol. The molecule has 7 heteroatoms. The molecule has 0 saturated heterocycles. The van der Waals surface area contributed by atoms with Crippen molar-refractivity contribution in [2.24, 2.45) is 0 Å². The fourth-order valence-corrected chi connectivity index (χ4v) is 2.68. The Morgan fingerprint density at radius 3 is 2.37 bits per heavy atom. The lowest BCUT2D eigenvalue weighted by Gasteiger charge is -2.19. The average Bonchev–Trinajstić information content (AvgIpc) is 2.70. The molecule has 0 aliphatic rings. The number of nitrogens with one attached hydrogen (secondary N) is 1. The maximum absolute atomic E-state index is 5.89. The van der Waals surface area contributed by atoms with Crippen LogP contribution in [0.4, 0.5) is 17.5 Å². The second-order valence-corrected chi connectivity index (χ2v) is 6.31. The topological polar surface area (TPSA) is 63.2 Å². The Kier molecular flexibility index (Phi) is 6.44. The van der Waals surface area contributed by atoms with Crippen LogP contribution in [0.1, 0.15) is 19.4 Å². The van der Waals surface area contributed by atoms with Crippen LogP contribution in [-0.4, -0.2) is 28.3 Å². The summed E-state index contributed by atoms with van der Waals surface area (Å²) in [6.45, 7) is 6.40. The van der Waals surface area contributed by atoms with Crippen molar-refractivity contribution in [2.75, 3.05) is 23.3 Å². The first kappa shape index (κ1) is 18.9. The zero-order chi connectivity index (χ0) is 19.1. The Balaban J connectivity index is 1.60. The van der Waals surface area contributed by atoms with Gasteiger partial charge in [-0.2, -0.15) is 10.1 Å². The first-order valence-electron chi connectivity index (χ1n) is 8.87. The Bertz CT molecular complexity index is 851. The van der Waals surface area contributed by atoms with Gasteiger partial charge in [0.25, 0.3) is 0 Å². The number of anilines is 3. The Morgan fingerprint density at radius 1 is 1.00 bits per heavy atom. The van der Waals surface area contributed by atoms with Gasteiger partial charge in [-0.05, 0) is 55.8 Å². The second-order valence-electron chi connectivity index (χ2n) is 5.87. The van der Waals surface area contributed by atoms with E-state index < -0.39 is 0 Å². The summed E-state index contributed by atoms with van der Waals surface area (Å²) in [5.74, 6) is 2.06. The monoisotopic (exact) mass is 383 g/mol. The maximum Gasteiger partial charge on any atom is 0.249 e. The van der Waals surface area contributed by atoms with Crippen LogP contribution in [-0.2, 0) is 6.61 Å². The number of hydrogen-bond acceptors (Lipinski definition) is 6. The van der Waals surface area contributed by atoms with Crippen LogP contribution >= 0.6 is 11.6 Å². The number of halogens is 1. The molecule has 0 spiro atoms. The minimum Gasteiger partial charge on any atom is -0.489 e. The third-order valence-electron chi connectivity index (χ3n) is 4.06. The van der Waals surface area contributed by atoms with Gasteiger partial charge in [-0.15, -0.1) is 5.10 Å². The van der Waals surface area contributed by atoms with E-state index >= 15 is 0 Å². The summed E-state index contributed by atoms with van der Waals surface area (Å²) in [5, 5.41) is 12.0. The fraction of sp³-hybridized carbons (Fsp3) is 0.250. The first-order chi connectivity index (χ1) is 13.2. The Hall–Kier alpha value is -2.86. The third-order valence-corrected chi connectivity index (χ3v) is 4.31. The van der Waals surface area contributed by atoms with Gasteiger partial charge in [0.1, 0.15) is 12.4 Å². The molecule has 1 heterocycles. The zero-order valence-electron chi connectivity index (χ0n) is 15.4. The summed E-state index contributed by atoms with van der Waals surface area (Å²) >= 11 is 5.89. The first-order valence-corrected chi connectivity index (χ1v) is 9.24. The van der Waals surface area contributed by atoms with Crippen molar-refractivity contribution in [3.63, 3.8) is 0 Å². The lowest BCUT2D eigenvalue weighted by Crippen LogP contribution is -2.23. The van der Waals surface area contributed by atoms with E-state index in [1.54, 1.807) is 6.20 Å². The molecular formula is C20H22ClN5O. The summed E-state index contributed by atoms with van der Waals surface area (Å²) in [6, 6.07) is 15.3. The molecule has 0 bridgehead atoms.